The van der Waals surface area contributed by atoms with Gasteiger partial charge in [0.15, 0.2) is 5.78 Å². The van der Waals surface area contributed by atoms with E-state index in [0.717, 1.165) is 41.1 Å². The van der Waals surface area contributed by atoms with Gasteiger partial charge in [-0.05, 0) is 94.6 Å². The second kappa shape index (κ2) is 12.5. The lowest BCUT2D eigenvalue weighted by atomic mass is 9.97. The minimum Gasteiger partial charge on any atom is -0.497 e. The lowest BCUT2D eigenvalue weighted by molar-refractivity contribution is 0.104. The highest BCUT2D eigenvalue weighted by atomic mass is 16.5. The first-order valence-corrected chi connectivity index (χ1v) is 12.2. The van der Waals surface area contributed by atoms with Crippen LogP contribution in [-0.2, 0) is 6.54 Å². The van der Waals surface area contributed by atoms with E-state index in [4.69, 9.17) is 9.47 Å². The van der Waals surface area contributed by atoms with Crippen LogP contribution in [0.1, 0.15) is 32.6 Å². The molecule has 0 amide bonds. The standard InChI is InChI=1S/C31H38N2O3/c1-22-16-23(2)18-26(17-22)25-10-13-31(36-15-14-32(3)4)29(20-25)30(34)12-9-24-8-11-28(35-7)19-27(24)21-33(5)6/h8-13,16-20H,14-15,21H2,1-7H3. The molecule has 36 heavy (non-hydrogen) atoms. The molecule has 0 bridgehead atoms. The maximum absolute atomic E-state index is 13.5. The van der Waals surface area contributed by atoms with E-state index < -0.39 is 0 Å². The van der Waals surface area contributed by atoms with Gasteiger partial charge in [-0.2, -0.15) is 0 Å². The first-order valence-electron chi connectivity index (χ1n) is 12.2. The molecule has 0 aliphatic rings. The summed E-state index contributed by atoms with van der Waals surface area (Å²) in [7, 11) is 9.71. The summed E-state index contributed by atoms with van der Waals surface area (Å²) in [6.45, 7) is 6.19. The van der Waals surface area contributed by atoms with Gasteiger partial charge in [0.2, 0.25) is 0 Å². The van der Waals surface area contributed by atoms with E-state index in [0.29, 0.717) is 17.9 Å². The van der Waals surface area contributed by atoms with Gasteiger partial charge in [-0.1, -0.05) is 47.5 Å². The molecule has 0 saturated heterocycles. The SMILES string of the molecule is COc1ccc(C=CC(=O)c2cc(-c3cc(C)cc(C)c3)ccc2OCCN(C)C)c(CN(C)C)c1. The molecule has 0 aliphatic carbocycles. The van der Waals surface area contributed by atoms with Crippen molar-refractivity contribution in [2.45, 2.75) is 20.4 Å². The molecular weight excluding hydrogens is 448 g/mol. The maximum Gasteiger partial charge on any atom is 0.189 e. The van der Waals surface area contributed by atoms with Crippen molar-refractivity contribution in [2.75, 3.05) is 48.5 Å². The van der Waals surface area contributed by atoms with Crippen LogP contribution in [0.5, 0.6) is 11.5 Å². The summed E-state index contributed by atoms with van der Waals surface area (Å²) in [5.41, 5.74) is 7.11. The number of carbonyl (C=O) groups excluding carboxylic acids is 1. The van der Waals surface area contributed by atoms with E-state index in [1.807, 2.05) is 70.7 Å². The third kappa shape index (κ3) is 7.54. The van der Waals surface area contributed by atoms with Gasteiger partial charge in [0.25, 0.3) is 0 Å². The summed E-state index contributed by atoms with van der Waals surface area (Å²) in [6, 6.07) is 18.2. The third-order valence-corrected chi connectivity index (χ3v) is 5.85. The van der Waals surface area contributed by atoms with E-state index in [-0.39, 0.29) is 5.78 Å². The van der Waals surface area contributed by atoms with Crippen LogP contribution in [0.4, 0.5) is 0 Å². The van der Waals surface area contributed by atoms with Crippen LogP contribution in [0.2, 0.25) is 0 Å². The molecular formula is C31H38N2O3. The summed E-state index contributed by atoms with van der Waals surface area (Å²) < 4.78 is 11.4. The first-order chi connectivity index (χ1) is 17.2. The van der Waals surface area contributed by atoms with Crippen LogP contribution in [0, 0.1) is 13.8 Å². The smallest absolute Gasteiger partial charge is 0.189 e. The number of rotatable bonds is 11. The summed E-state index contributed by atoms with van der Waals surface area (Å²) in [6.07, 6.45) is 3.52. The minimum absolute atomic E-state index is 0.0901. The van der Waals surface area contributed by atoms with Crippen molar-refractivity contribution in [3.8, 4) is 22.6 Å². The molecule has 5 heteroatoms. The van der Waals surface area contributed by atoms with Gasteiger partial charge < -0.3 is 19.3 Å². The molecule has 3 rings (SSSR count). The summed E-state index contributed by atoms with van der Waals surface area (Å²) in [4.78, 5) is 17.6. The van der Waals surface area contributed by atoms with Crippen molar-refractivity contribution >= 4 is 11.9 Å². The lowest BCUT2D eigenvalue weighted by Crippen LogP contribution is -2.20. The number of ether oxygens (including phenoxy) is 2. The number of methoxy groups -OCH3 is 1. The molecule has 0 aliphatic heterocycles. The Kier molecular flexibility index (Phi) is 9.45. The predicted molar refractivity (Wildman–Crippen MR) is 149 cm³/mol. The molecule has 0 aromatic heterocycles. The average Bonchev–Trinajstić information content (AvgIpc) is 2.82. The second-order valence-electron chi connectivity index (χ2n) is 9.74. The lowest BCUT2D eigenvalue weighted by Gasteiger charge is -2.15. The molecule has 3 aromatic rings. The summed E-state index contributed by atoms with van der Waals surface area (Å²) in [5, 5.41) is 0. The molecule has 0 N–H and O–H groups in total. The molecule has 0 unspecified atom stereocenters. The van der Waals surface area contributed by atoms with Crippen molar-refractivity contribution in [3.63, 3.8) is 0 Å². The minimum atomic E-state index is -0.0901. The zero-order chi connectivity index (χ0) is 26.2. The Bertz CT molecular complexity index is 1210. The van der Waals surface area contributed by atoms with Gasteiger partial charge in [0, 0.05) is 13.1 Å². The third-order valence-electron chi connectivity index (χ3n) is 5.85. The zero-order valence-corrected chi connectivity index (χ0v) is 22.6. The molecule has 0 heterocycles. The number of likely N-dealkylation sites (N-methyl/N-ethyl adjacent to an activating group) is 1. The highest BCUT2D eigenvalue weighted by molar-refractivity contribution is 6.09. The fourth-order valence-electron chi connectivity index (χ4n) is 4.11. The summed E-state index contributed by atoms with van der Waals surface area (Å²) >= 11 is 0. The number of hydrogen-bond donors (Lipinski definition) is 0. The molecule has 0 spiro atoms. The van der Waals surface area contributed by atoms with Gasteiger partial charge >= 0.3 is 0 Å². The number of aryl methyl sites for hydroxylation is 2. The van der Waals surface area contributed by atoms with Crippen LogP contribution >= 0.6 is 0 Å². The van der Waals surface area contributed by atoms with Gasteiger partial charge in [0.1, 0.15) is 18.1 Å². The normalized spacial score (nSPS) is 11.5. The summed E-state index contributed by atoms with van der Waals surface area (Å²) in [5.74, 6) is 1.31. The Labute approximate surface area is 216 Å². The van der Waals surface area contributed by atoms with Crippen molar-refractivity contribution in [1.82, 2.24) is 9.80 Å². The van der Waals surface area contributed by atoms with E-state index in [9.17, 15) is 4.79 Å². The molecule has 0 atom stereocenters. The molecule has 0 fully saturated rings. The monoisotopic (exact) mass is 486 g/mol. The van der Waals surface area contributed by atoms with Gasteiger partial charge in [-0.15, -0.1) is 0 Å². The largest absolute Gasteiger partial charge is 0.497 e. The Morgan fingerprint density at radius 3 is 2.22 bits per heavy atom. The van der Waals surface area contributed by atoms with Crippen LogP contribution in [0.3, 0.4) is 0 Å². The van der Waals surface area contributed by atoms with Gasteiger partial charge in [0.05, 0.1) is 12.7 Å². The Balaban J connectivity index is 1.98. The molecule has 5 nitrogen and oxygen atoms in total. The molecule has 3 aromatic carbocycles. The number of benzene rings is 3. The fourth-order valence-corrected chi connectivity index (χ4v) is 4.11. The molecule has 190 valence electrons. The van der Waals surface area contributed by atoms with E-state index in [1.54, 1.807) is 13.2 Å². The quantitative estimate of drug-likeness (QED) is 0.250. The fraction of sp³-hybridized carbons (Fsp3) is 0.323. The highest BCUT2D eigenvalue weighted by Crippen LogP contribution is 2.29. The topological polar surface area (TPSA) is 42.0 Å². The van der Waals surface area contributed by atoms with E-state index >= 15 is 0 Å². The van der Waals surface area contributed by atoms with Crippen LogP contribution in [-0.4, -0.2) is 64.0 Å². The van der Waals surface area contributed by atoms with E-state index in [2.05, 4.69) is 41.8 Å². The van der Waals surface area contributed by atoms with Crippen LogP contribution in [0.25, 0.3) is 17.2 Å². The average molecular weight is 487 g/mol. The number of carbonyl (C=O) groups is 1. The Hall–Kier alpha value is -3.41. The number of ketones is 1. The highest BCUT2D eigenvalue weighted by Gasteiger charge is 2.14. The first kappa shape index (κ1) is 27.2. The van der Waals surface area contributed by atoms with Gasteiger partial charge in [-0.3, -0.25) is 4.79 Å². The zero-order valence-electron chi connectivity index (χ0n) is 22.6. The Morgan fingerprint density at radius 1 is 0.861 bits per heavy atom. The molecule has 0 radical (unpaired) electrons. The van der Waals surface area contributed by atoms with Crippen LogP contribution in [0.15, 0.2) is 60.7 Å². The van der Waals surface area contributed by atoms with E-state index in [1.165, 1.54) is 11.1 Å². The van der Waals surface area contributed by atoms with Crippen LogP contribution < -0.4 is 9.47 Å². The van der Waals surface area contributed by atoms with Crippen molar-refractivity contribution in [3.05, 3.63) is 88.5 Å². The van der Waals surface area contributed by atoms with Crippen molar-refractivity contribution < 1.29 is 14.3 Å². The second-order valence-corrected chi connectivity index (χ2v) is 9.74. The molecule has 0 saturated carbocycles. The number of allylic oxidation sites excluding steroid dienone is 1. The van der Waals surface area contributed by atoms with Gasteiger partial charge in [-0.25, -0.2) is 0 Å². The predicted octanol–water partition coefficient (Wildman–Crippen LogP) is 5.88. The maximum atomic E-state index is 13.5. The van der Waals surface area contributed by atoms with Crippen molar-refractivity contribution in [1.29, 1.82) is 0 Å². The van der Waals surface area contributed by atoms with Crippen molar-refractivity contribution in [2.24, 2.45) is 0 Å². The number of hydrogen-bond acceptors (Lipinski definition) is 5. The number of nitrogens with zero attached hydrogens (tertiary/aromatic N) is 2. The Morgan fingerprint density at radius 2 is 1.58 bits per heavy atom.